The van der Waals surface area contributed by atoms with Gasteiger partial charge in [0.15, 0.2) is 5.82 Å². The number of carbonyl (C=O) groups is 2. The summed E-state index contributed by atoms with van der Waals surface area (Å²) in [6, 6.07) is 19.5. The number of benzene rings is 3. The molecule has 2 N–H and O–H groups in total. The number of nitrogens with zero attached hydrogens (tertiary/aromatic N) is 3. The lowest BCUT2D eigenvalue weighted by atomic mass is 10.0. The number of H-pyrrole nitrogens is 1. The van der Waals surface area contributed by atoms with Crippen molar-refractivity contribution in [2.24, 2.45) is 5.10 Å². The number of imidazole rings is 1. The van der Waals surface area contributed by atoms with Crippen LogP contribution in [0.15, 0.2) is 77.9 Å². The van der Waals surface area contributed by atoms with Gasteiger partial charge in [-0.25, -0.2) is 14.2 Å². The highest BCUT2D eigenvalue weighted by molar-refractivity contribution is 6.02. The minimum Gasteiger partial charge on any atom is -0.409 e. The Balaban J connectivity index is 1.45. The third-order valence-corrected chi connectivity index (χ3v) is 5.40. The molecule has 1 aliphatic rings. The zero-order chi connectivity index (χ0) is 23.7. The van der Waals surface area contributed by atoms with Gasteiger partial charge >= 0.3 is 6.09 Å². The molecule has 170 valence electrons. The molecular weight excluding hydrogens is 437 g/mol. The van der Waals surface area contributed by atoms with Crippen molar-refractivity contribution in [1.29, 1.82) is 0 Å². The zero-order valence-electron chi connectivity index (χ0n) is 18.2. The molecule has 0 saturated carbocycles. The fourth-order valence-electron chi connectivity index (χ4n) is 3.86. The van der Waals surface area contributed by atoms with Crippen LogP contribution in [0.4, 0.5) is 14.9 Å². The molecule has 1 aliphatic heterocycles. The molecule has 0 bridgehead atoms. The van der Waals surface area contributed by atoms with Gasteiger partial charge in [-0.3, -0.25) is 4.79 Å². The van der Waals surface area contributed by atoms with Crippen LogP contribution >= 0.6 is 0 Å². The molecule has 3 aromatic carbocycles. The predicted molar refractivity (Wildman–Crippen MR) is 125 cm³/mol. The van der Waals surface area contributed by atoms with Crippen molar-refractivity contribution in [2.75, 3.05) is 5.32 Å². The van der Waals surface area contributed by atoms with Crippen LogP contribution in [-0.4, -0.2) is 32.7 Å². The van der Waals surface area contributed by atoms with Crippen LogP contribution in [0.1, 0.15) is 30.8 Å². The maximum Gasteiger partial charge on any atom is 0.436 e. The molecule has 1 atom stereocenters. The van der Waals surface area contributed by atoms with E-state index in [9.17, 15) is 14.0 Å². The van der Waals surface area contributed by atoms with Gasteiger partial charge in [0.1, 0.15) is 17.3 Å². The third-order valence-electron chi connectivity index (χ3n) is 5.40. The molecule has 0 spiro atoms. The first-order chi connectivity index (χ1) is 16.5. The van der Waals surface area contributed by atoms with E-state index < -0.39 is 18.0 Å². The summed E-state index contributed by atoms with van der Waals surface area (Å²) in [5.74, 6) is 0.129. The Morgan fingerprint density at radius 2 is 1.79 bits per heavy atom. The molecular formula is C25H20FN5O3. The minimum atomic E-state index is -0.758. The summed E-state index contributed by atoms with van der Waals surface area (Å²) < 4.78 is 20.2. The van der Waals surface area contributed by atoms with Crippen LogP contribution in [-0.2, 0) is 4.79 Å². The zero-order valence-corrected chi connectivity index (χ0v) is 18.2. The van der Waals surface area contributed by atoms with Gasteiger partial charge in [-0.15, -0.1) is 0 Å². The van der Waals surface area contributed by atoms with Crippen molar-refractivity contribution >= 4 is 34.4 Å². The minimum absolute atomic E-state index is 0.206. The molecule has 1 aromatic heterocycles. The number of halogens is 1. The van der Waals surface area contributed by atoms with E-state index in [-0.39, 0.29) is 18.1 Å². The van der Waals surface area contributed by atoms with Crippen molar-refractivity contribution in [3.05, 3.63) is 90.0 Å². The van der Waals surface area contributed by atoms with Crippen LogP contribution in [0.5, 0.6) is 5.75 Å². The first kappa shape index (κ1) is 21.3. The predicted octanol–water partition coefficient (Wildman–Crippen LogP) is 5.01. The van der Waals surface area contributed by atoms with Gasteiger partial charge in [0.05, 0.1) is 17.1 Å². The van der Waals surface area contributed by atoms with E-state index in [0.717, 1.165) is 16.0 Å². The monoisotopic (exact) mass is 457 g/mol. The van der Waals surface area contributed by atoms with Gasteiger partial charge < -0.3 is 15.0 Å². The summed E-state index contributed by atoms with van der Waals surface area (Å²) in [5.41, 5.74) is 3.02. The Morgan fingerprint density at radius 1 is 1.06 bits per heavy atom. The van der Waals surface area contributed by atoms with E-state index in [1.54, 1.807) is 42.5 Å². The molecule has 34 heavy (non-hydrogen) atoms. The smallest absolute Gasteiger partial charge is 0.409 e. The molecule has 0 fully saturated rings. The molecule has 0 saturated heterocycles. The molecule has 8 nitrogen and oxygen atoms in total. The summed E-state index contributed by atoms with van der Waals surface area (Å²) in [5, 5.41) is 8.25. The maximum absolute atomic E-state index is 14.7. The largest absolute Gasteiger partial charge is 0.436 e. The van der Waals surface area contributed by atoms with Gasteiger partial charge in [-0.1, -0.05) is 30.3 Å². The topological polar surface area (TPSA) is 99.7 Å². The number of ether oxygens (including phenoxy) is 1. The summed E-state index contributed by atoms with van der Waals surface area (Å²) >= 11 is 0. The fourth-order valence-corrected chi connectivity index (χ4v) is 3.86. The van der Waals surface area contributed by atoms with Gasteiger partial charge in [0, 0.05) is 24.6 Å². The first-order valence-corrected chi connectivity index (χ1v) is 10.6. The van der Waals surface area contributed by atoms with Crippen LogP contribution in [0, 0.1) is 5.82 Å². The summed E-state index contributed by atoms with van der Waals surface area (Å²) in [6.07, 6.45) is -0.497. The standard InChI is InChI=1S/C25H20FN5O3/c1-15(32)27-16-10-12-17(13-11-16)34-25(33)31-23(18-6-2-3-7-19(18)26)14-22(30-31)24-28-20-8-4-5-9-21(20)29-24/h2-13,23H,14H2,1H3,(H,27,32)(H,28,29). The molecule has 5 rings (SSSR count). The summed E-state index contributed by atoms with van der Waals surface area (Å²) in [7, 11) is 0. The second kappa shape index (κ2) is 8.78. The van der Waals surface area contributed by atoms with Crippen molar-refractivity contribution < 1.29 is 18.7 Å². The molecule has 9 heteroatoms. The van der Waals surface area contributed by atoms with E-state index in [0.29, 0.717) is 22.8 Å². The number of hydrogen-bond acceptors (Lipinski definition) is 5. The van der Waals surface area contributed by atoms with E-state index >= 15 is 0 Å². The Bertz CT molecular complexity index is 1380. The lowest BCUT2D eigenvalue weighted by Crippen LogP contribution is -2.30. The summed E-state index contributed by atoms with van der Waals surface area (Å²) in [6.45, 7) is 1.40. The average Bonchev–Trinajstić information content (AvgIpc) is 3.45. The quantitative estimate of drug-likeness (QED) is 0.450. The van der Waals surface area contributed by atoms with E-state index in [1.807, 2.05) is 24.3 Å². The number of rotatable bonds is 4. The lowest BCUT2D eigenvalue weighted by molar-refractivity contribution is -0.114. The molecule has 0 radical (unpaired) electrons. The number of hydrogen-bond donors (Lipinski definition) is 2. The Morgan fingerprint density at radius 3 is 2.53 bits per heavy atom. The number of hydrazone groups is 1. The van der Waals surface area contributed by atoms with E-state index in [4.69, 9.17) is 4.74 Å². The Labute approximate surface area is 194 Å². The number of fused-ring (bicyclic) bond motifs is 1. The number of nitrogens with one attached hydrogen (secondary N) is 2. The first-order valence-electron chi connectivity index (χ1n) is 10.6. The molecule has 1 unspecified atom stereocenters. The van der Waals surface area contributed by atoms with E-state index in [2.05, 4.69) is 20.4 Å². The van der Waals surface area contributed by atoms with Crippen LogP contribution < -0.4 is 10.1 Å². The Hall–Kier alpha value is -4.53. The summed E-state index contributed by atoms with van der Waals surface area (Å²) in [4.78, 5) is 32.1. The molecule has 2 heterocycles. The van der Waals surface area contributed by atoms with E-state index in [1.165, 1.54) is 13.0 Å². The fraction of sp³-hybridized carbons (Fsp3) is 0.120. The number of carbonyl (C=O) groups excluding carboxylic acids is 2. The lowest BCUT2D eigenvalue weighted by Gasteiger charge is -2.21. The second-order valence-corrected chi connectivity index (χ2v) is 7.81. The van der Waals surface area contributed by atoms with Crippen molar-refractivity contribution in [2.45, 2.75) is 19.4 Å². The number of para-hydroxylation sites is 2. The van der Waals surface area contributed by atoms with Gasteiger partial charge in [0.2, 0.25) is 5.91 Å². The van der Waals surface area contributed by atoms with Crippen LogP contribution in [0.3, 0.4) is 0 Å². The average molecular weight is 457 g/mol. The second-order valence-electron chi connectivity index (χ2n) is 7.81. The van der Waals surface area contributed by atoms with Gasteiger partial charge in [0.25, 0.3) is 0 Å². The van der Waals surface area contributed by atoms with Crippen molar-refractivity contribution in [1.82, 2.24) is 15.0 Å². The van der Waals surface area contributed by atoms with Crippen LogP contribution in [0.2, 0.25) is 0 Å². The normalized spacial score (nSPS) is 15.3. The molecule has 2 amide bonds. The number of amides is 2. The number of anilines is 1. The Kier molecular flexibility index (Phi) is 5.51. The highest BCUT2D eigenvalue weighted by Gasteiger charge is 2.37. The maximum atomic E-state index is 14.7. The van der Waals surface area contributed by atoms with Crippen molar-refractivity contribution in [3.63, 3.8) is 0 Å². The SMILES string of the molecule is CC(=O)Nc1ccc(OC(=O)N2N=C(c3nc4ccccc4[nH]3)CC2c2ccccc2F)cc1. The van der Waals surface area contributed by atoms with Crippen LogP contribution in [0.25, 0.3) is 11.0 Å². The number of aromatic nitrogens is 2. The highest BCUT2D eigenvalue weighted by atomic mass is 19.1. The van der Waals surface area contributed by atoms with Gasteiger partial charge in [-0.05, 0) is 42.5 Å². The van der Waals surface area contributed by atoms with Crippen molar-refractivity contribution in [3.8, 4) is 5.75 Å². The molecule has 4 aromatic rings. The third kappa shape index (κ3) is 4.23. The highest BCUT2D eigenvalue weighted by Crippen LogP contribution is 2.34. The molecule has 0 aliphatic carbocycles. The number of aromatic amines is 1. The van der Waals surface area contributed by atoms with Gasteiger partial charge in [-0.2, -0.15) is 10.1 Å².